The van der Waals surface area contributed by atoms with E-state index in [-0.39, 0.29) is 11.4 Å². The van der Waals surface area contributed by atoms with Crippen molar-refractivity contribution in [1.29, 1.82) is 0 Å². The Morgan fingerprint density at radius 2 is 2.12 bits per heavy atom. The van der Waals surface area contributed by atoms with E-state index in [0.717, 1.165) is 24.5 Å². The van der Waals surface area contributed by atoms with E-state index in [1.807, 2.05) is 11.8 Å². The van der Waals surface area contributed by atoms with Gasteiger partial charge in [-0.3, -0.25) is 4.79 Å². The molecule has 1 heterocycles. The van der Waals surface area contributed by atoms with Crippen LogP contribution >= 0.6 is 11.8 Å². The number of rotatable bonds is 4. The van der Waals surface area contributed by atoms with Gasteiger partial charge >= 0.3 is 5.97 Å². The molecule has 0 aromatic heterocycles. The summed E-state index contributed by atoms with van der Waals surface area (Å²) in [7, 11) is 1.48. The van der Waals surface area contributed by atoms with Crippen molar-refractivity contribution in [3.05, 3.63) is 0 Å². The van der Waals surface area contributed by atoms with Gasteiger partial charge in [-0.25, -0.2) is 0 Å². The minimum atomic E-state index is -0.533. The molecule has 0 aliphatic carbocycles. The number of ether oxygens (including phenoxy) is 1. The maximum absolute atomic E-state index is 12.2. The van der Waals surface area contributed by atoms with Crippen molar-refractivity contribution < 1.29 is 9.53 Å². The van der Waals surface area contributed by atoms with Crippen LogP contribution in [-0.4, -0.2) is 36.7 Å². The highest BCUT2D eigenvalue weighted by molar-refractivity contribution is 7.99. The molecule has 0 aromatic carbocycles. The Morgan fingerprint density at radius 1 is 1.47 bits per heavy atom. The molecule has 0 bridgehead atoms. The number of methoxy groups -OCH3 is 1. The van der Waals surface area contributed by atoms with Gasteiger partial charge in [0.05, 0.1) is 7.11 Å². The molecule has 1 aliphatic heterocycles. The van der Waals surface area contributed by atoms with Crippen LogP contribution in [0, 0.1) is 11.3 Å². The zero-order valence-electron chi connectivity index (χ0n) is 11.6. The summed E-state index contributed by atoms with van der Waals surface area (Å²) in [4.78, 5) is 12.2. The van der Waals surface area contributed by atoms with Crippen LogP contribution in [0.3, 0.4) is 0 Å². The number of thioether (sulfide) groups is 1. The van der Waals surface area contributed by atoms with Crippen molar-refractivity contribution in [2.24, 2.45) is 11.3 Å². The van der Waals surface area contributed by atoms with E-state index in [1.165, 1.54) is 7.11 Å². The van der Waals surface area contributed by atoms with E-state index in [1.54, 1.807) is 0 Å². The Balaban J connectivity index is 2.94. The average Bonchev–Trinajstić information content (AvgIpc) is 2.26. The van der Waals surface area contributed by atoms with Gasteiger partial charge in [0.15, 0.2) is 0 Å². The summed E-state index contributed by atoms with van der Waals surface area (Å²) in [5, 5.41) is 3.48. The van der Waals surface area contributed by atoms with Crippen LogP contribution in [0.4, 0.5) is 0 Å². The summed E-state index contributed by atoms with van der Waals surface area (Å²) < 4.78 is 5.05. The normalized spacial score (nSPS) is 28.1. The minimum absolute atomic E-state index is 0.0553. The number of carbonyl (C=O) groups is 1. The van der Waals surface area contributed by atoms with E-state index < -0.39 is 5.54 Å². The van der Waals surface area contributed by atoms with Gasteiger partial charge in [-0.15, -0.1) is 0 Å². The third kappa shape index (κ3) is 2.97. The first-order valence-corrected chi connectivity index (χ1v) is 7.42. The van der Waals surface area contributed by atoms with Crippen LogP contribution in [0.1, 0.15) is 34.1 Å². The summed E-state index contributed by atoms with van der Waals surface area (Å²) in [5.41, 5.74) is -0.588. The van der Waals surface area contributed by atoms with Gasteiger partial charge in [0, 0.05) is 5.75 Å². The predicted octanol–water partition coefficient (Wildman–Crippen LogP) is 2.31. The van der Waals surface area contributed by atoms with E-state index in [0.29, 0.717) is 5.92 Å². The summed E-state index contributed by atoms with van der Waals surface area (Å²) in [6, 6.07) is 0. The van der Waals surface area contributed by atoms with Crippen molar-refractivity contribution in [3.63, 3.8) is 0 Å². The molecule has 0 saturated carbocycles. The molecule has 0 amide bonds. The lowest BCUT2D eigenvalue weighted by Gasteiger charge is -2.48. The Labute approximate surface area is 109 Å². The second-order valence-electron chi connectivity index (χ2n) is 5.86. The number of hydrogen-bond donors (Lipinski definition) is 1. The first-order valence-electron chi connectivity index (χ1n) is 6.27. The molecule has 1 fully saturated rings. The maximum atomic E-state index is 12.2. The molecule has 4 heteroatoms. The molecule has 3 nitrogen and oxygen atoms in total. The Hall–Kier alpha value is -0.220. The third-order valence-corrected chi connectivity index (χ3v) is 4.82. The topological polar surface area (TPSA) is 38.3 Å². The fraction of sp³-hybridized carbons (Fsp3) is 0.923. The number of nitrogens with one attached hydrogen (secondary N) is 1. The molecule has 0 aromatic rings. The average molecular weight is 259 g/mol. The van der Waals surface area contributed by atoms with Gasteiger partial charge in [-0.2, -0.15) is 11.8 Å². The monoisotopic (exact) mass is 259 g/mol. The van der Waals surface area contributed by atoms with Crippen LogP contribution in [0.5, 0.6) is 0 Å². The maximum Gasteiger partial charge on any atom is 0.327 e. The first-order chi connectivity index (χ1) is 7.85. The summed E-state index contributed by atoms with van der Waals surface area (Å²) in [6.07, 6.45) is 1.04. The highest BCUT2D eigenvalue weighted by Crippen LogP contribution is 2.43. The molecule has 1 unspecified atom stereocenters. The van der Waals surface area contributed by atoms with E-state index >= 15 is 0 Å². The predicted molar refractivity (Wildman–Crippen MR) is 73.3 cm³/mol. The second-order valence-corrected chi connectivity index (χ2v) is 6.96. The van der Waals surface area contributed by atoms with Crippen LogP contribution in [0.2, 0.25) is 0 Å². The summed E-state index contributed by atoms with van der Waals surface area (Å²) in [5.74, 6) is 2.34. The molecule has 1 aliphatic rings. The van der Waals surface area contributed by atoms with Gasteiger partial charge in [0.25, 0.3) is 0 Å². The molecular weight excluding hydrogens is 234 g/mol. The standard InChI is InChI=1S/C13H25NO2S/c1-10(2)8-14-13(11(15)16-5)9-17-7-6-12(13,3)4/h10,14H,6-9H2,1-5H3. The highest BCUT2D eigenvalue weighted by atomic mass is 32.2. The minimum Gasteiger partial charge on any atom is -0.468 e. The Bertz CT molecular complexity index is 279. The van der Waals surface area contributed by atoms with E-state index in [4.69, 9.17) is 4.74 Å². The third-order valence-electron chi connectivity index (χ3n) is 3.69. The summed E-state index contributed by atoms with van der Waals surface area (Å²) in [6.45, 7) is 9.48. The first kappa shape index (κ1) is 14.8. The molecular formula is C13H25NO2S. The van der Waals surface area contributed by atoms with Crippen molar-refractivity contribution in [2.75, 3.05) is 25.2 Å². The zero-order valence-corrected chi connectivity index (χ0v) is 12.4. The van der Waals surface area contributed by atoms with Crippen LogP contribution < -0.4 is 5.32 Å². The van der Waals surface area contributed by atoms with Gasteiger partial charge in [-0.05, 0) is 30.1 Å². The molecule has 17 heavy (non-hydrogen) atoms. The number of hydrogen-bond acceptors (Lipinski definition) is 4. The lowest BCUT2D eigenvalue weighted by atomic mass is 9.70. The van der Waals surface area contributed by atoms with Crippen LogP contribution in [-0.2, 0) is 9.53 Å². The van der Waals surface area contributed by atoms with Gasteiger partial charge < -0.3 is 10.1 Å². The Kier molecular flexibility index (Phi) is 4.90. The molecule has 100 valence electrons. The highest BCUT2D eigenvalue weighted by Gasteiger charge is 2.53. The van der Waals surface area contributed by atoms with Gasteiger partial charge in [0.2, 0.25) is 0 Å². The molecule has 1 atom stereocenters. The number of carbonyl (C=O) groups excluding carboxylic acids is 1. The smallest absolute Gasteiger partial charge is 0.327 e. The molecule has 0 spiro atoms. The van der Waals surface area contributed by atoms with Crippen molar-refractivity contribution in [1.82, 2.24) is 5.32 Å². The molecule has 0 radical (unpaired) electrons. The SMILES string of the molecule is COC(=O)C1(NCC(C)C)CSCCC1(C)C. The summed E-state index contributed by atoms with van der Waals surface area (Å²) >= 11 is 1.84. The van der Waals surface area contributed by atoms with Crippen molar-refractivity contribution in [3.8, 4) is 0 Å². The zero-order chi connectivity index (χ0) is 13.1. The van der Waals surface area contributed by atoms with Crippen LogP contribution in [0.25, 0.3) is 0 Å². The van der Waals surface area contributed by atoms with Crippen LogP contribution in [0.15, 0.2) is 0 Å². The van der Waals surface area contributed by atoms with Crippen molar-refractivity contribution >= 4 is 17.7 Å². The van der Waals surface area contributed by atoms with E-state index in [9.17, 15) is 4.79 Å². The molecule has 1 rings (SSSR count). The lowest BCUT2D eigenvalue weighted by Crippen LogP contribution is -2.66. The quantitative estimate of drug-likeness (QED) is 0.786. The number of esters is 1. The largest absolute Gasteiger partial charge is 0.468 e. The fourth-order valence-electron chi connectivity index (χ4n) is 2.21. The lowest BCUT2D eigenvalue weighted by molar-refractivity contribution is -0.153. The van der Waals surface area contributed by atoms with Gasteiger partial charge in [0.1, 0.15) is 5.54 Å². The van der Waals surface area contributed by atoms with Gasteiger partial charge in [-0.1, -0.05) is 27.7 Å². The Morgan fingerprint density at radius 3 is 2.59 bits per heavy atom. The molecule has 1 saturated heterocycles. The fourth-order valence-corrected chi connectivity index (χ4v) is 3.93. The molecule has 1 N–H and O–H groups in total. The van der Waals surface area contributed by atoms with Crippen molar-refractivity contribution in [2.45, 2.75) is 39.7 Å². The van der Waals surface area contributed by atoms with E-state index in [2.05, 4.69) is 33.0 Å². The second kappa shape index (κ2) is 5.61.